The van der Waals surface area contributed by atoms with E-state index in [1.165, 1.54) is 12.1 Å². The van der Waals surface area contributed by atoms with E-state index in [9.17, 15) is 14.0 Å². The Kier molecular flexibility index (Phi) is 7.16. The summed E-state index contributed by atoms with van der Waals surface area (Å²) in [6.07, 6.45) is 0. The SMILES string of the molecule is CC(C)(C)C(NC(=O)c1nn(Cc2ccc(F)cc2)c2ccc(Cl)cc12)C(=O)NCCO. The van der Waals surface area contributed by atoms with Crippen molar-refractivity contribution < 1.29 is 19.1 Å². The largest absolute Gasteiger partial charge is 0.395 e. The molecule has 0 aliphatic carbocycles. The van der Waals surface area contributed by atoms with Crippen LogP contribution in [0.5, 0.6) is 0 Å². The van der Waals surface area contributed by atoms with Crippen LogP contribution in [0.2, 0.25) is 5.02 Å². The van der Waals surface area contributed by atoms with Crippen LogP contribution in [0.1, 0.15) is 36.8 Å². The molecule has 32 heavy (non-hydrogen) atoms. The Morgan fingerprint density at radius 3 is 2.50 bits per heavy atom. The molecule has 0 fully saturated rings. The monoisotopic (exact) mass is 460 g/mol. The standard InChI is InChI=1S/C23H26ClFN4O3/c1-23(2,3)20(22(32)26-10-11-30)27-21(31)19-17-12-15(24)6-9-18(17)29(28-19)13-14-4-7-16(25)8-5-14/h4-9,12,20,30H,10-11,13H2,1-3H3,(H,26,32)(H,27,31). The Morgan fingerprint density at radius 1 is 1.19 bits per heavy atom. The molecule has 170 valence electrons. The quantitative estimate of drug-likeness (QED) is 0.504. The molecule has 2 amide bonds. The lowest BCUT2D eigenvalue weighted by atomic mass is 9.86. The summed E-state index contributed by atoms with van der Waals surface area (Å²) in [7, 11) is 0. The lowest BCUT2D eigenvalue weighted by Crippen LogP contribution is -2.54. The maximum absolute atomic E-state index is 13.3. The summed E-state index contributed by atoms with van der Waals surface area (Å²) < 4.78 is 14.9. The Morgan fingerprint density at radius 2 is 1.88 bits per heavy atom. The third-order valence-electron chi connectivity index (χ3n) is 4.99. The van der Waals surface area contributed by atoms with Crippen LogP contribution in [0.3, 0.4) is 0 Å². The van der Waals surface area contributed by atoms with Crippen LogP contribution in [-0.4, -0.2) is 45.9 Å². The van der Waals surface area contributed by atoms with Gasteiger partial charge in [-0.1, -0.05) is 44.5 Å². The number of hydrogen-bond acceptors (Lipinski definition) is 4. The van der Waals surface area contributed by atoms with Crippen LogP contribution >= 0.6 is 11.6 Å². The number of hydrogen-bond donors (Lipinski definition) is 3. The smallest absolute Gasteiger partial charge is 0.273 e. The van der Waals surface area contributed by atoms with Crippen molar-refractivity contribution >= 4 is 34.3 Å². The average molecular weight is 461 g/mol. The van der Waals surface area contributed by atoms with E-state index in [0.717, 1.165) is 5.56 Å². The van der Waals surface area contributed by atoms with E-state index >= 15 is 0 Å². The van der Waals surface area contributed by atoms with Crippen LogP contribution in [-0.2, 0) is 11.3 Å². The van der Waals surface area contributed by atoms with Gasteiger partial charge in [0.25, 0.3) is 5.91 Å². The van der Waals surface area contributed by atoms with Gasteiger partial charge in [-0.3, -0.25) is 14.3 Å². The molecule has 1 atom stereocenters. The molecule has 1 unspecified atom stereocenters. The predicted molar refractivity (Wildman–Crippen MR) is 121 cm³/mol. The summed E-state index contributed by atoms with van der Waals surface area (Å²) in [5.74, 6) is -1.25. The first-order chi connectivity index (χ1) is 15.1. The summed E-state index contributed by atoms with van der Waals surface area (Å²) >= 11 is 6.17. The first kappa shape index (κ1) is 23.7. The fraction of sp³-hybridized carbons (Fsp3) is 0.348. The normalized spacial score (nSPS) is 12.6. The van der Waals surface area contributed by atoms with Crippen molar-refractivity contribution in [3.05, 3.63) is 64.6 Å². The van der Waals surface area contributed by atoms with Crippen molar-refractivity contribution in [3.63, 3.8) is 0 Å². The van der Waals surface area contributed by atoms with Gasteiger partial charge in [-0.05, 0) is 41.3 Å². The number of benzene rings is 2. The average Bonchev–Trinajstić information content (AvgIpc) is 3.08. The van der Waals surface area contributed by atoms with Gasteiger partial charge in [-0.2, -0.15) is 5.10 Å². The minimum Gasteiger partial charge on any atom is -0.395 e. The molecule has 0 radical (unpaired) electrons. The maximum atomic E-state index is 13.3. The predicted octanol–water partition coefficient (Wildman–Crippen LogP) is 3.13. The fourth-order valence-electron chi connectivity index (χ4n) is 3.36. The zero-order valence-electron chi connectivity index (χ0n) is 18.2. The van der Waals surface area contributed by atoms with Crippen LogP contribution in [0.4, 0.5) is 4.39 Å². The number of rotatable bonds is 7. The van der Waals surface area contributed by atoms with Crippen LogP contribution in [0.25, 0.3) is 10.9 Å². The third-order valence-corrected chi connectivity index (χ3v) is 5.22. The van der Waals surface area contributed by atoms with Gasteiger partial charge in [-0.15, -0.1) is 0 Å². The van der Waals surface area contributed by atoms with E-state index in [4.69, 9.17) is 16.7 Å². The van der Waals surface area contributed by atoms with Crippen molar-refractivity contribution in [2.45, 2.75) is 33.4 Å². The molecule has 0 saturated heterocycles. The highest BCUT2D eigenvalue weighted by atomic mass is 35.5. The number of aliphatic hydroxyl groups is 1. The highest BCUT2D eigenvalue weighted by Gasteiger charge is 2.34. The number of aliphatic hydroxyl groups excluding tert-OH is 1. The van der Waals surface area contributed by atoms with Gasteiger partial charge < -0.3 is 15.7 Å². The summed E-state index contributed by atoms with van der Waals surface area (Å²) in [5, 5.41) is 19.8. The number of nitrogens with one attached hydrogen (secondary N) is 2. The Bertz CT molecular complexity index is 1120. The molecule has 7 nitrogen and oxygen atoms in total. The molecule has 0 saturated carbocycles. The van der Waals surface area contributed by atoms with Gasteiger partial charge in [-0.25, -0.2) is 4.39 Å². The molecule has 0 aliphatic heterocycles. The van der Waals surface area contributed by atoms with Crippen molar-refractivity contribution in [1.29, 1.82) is 0 Å². The summed E-state index contributed by atoms with van der Waals surface area (Å²) in [4.78, 5) is 25.8. The van der Waals surface area contributed by atoms with E-state index in [1.807, 2.05) is 20.8 Å². The molecule has 3 N–H and O–H groups in total. The molecular formula is C23H26ClFN4O3. The summed E-state index contributed by atoms with van der Waals surface area (Å²) in [6.45, 7) is 5.71. The molecule has 3 aromatic rings. The molecule has 1 aromatic heterocycles. The van der Waals surface area contributed by atoms with Gasteiger partial charge in [0.05, 0.1) is 18.7 Å². The van der Waals surface area contributed by atoms with Crippen molar-refractivity contribution in [2.24, 2.45) is 5.41 Å². The number of fused-ring (bicyclic) bond motifs is 1. The molecule has 9 heteroatoms. The first-order valence-electron chi connectivity index (χ1n) is 10.2. The number of nitrogens with zero attached hydrogens (tertiary/aromatic N) is 2. The molecule has 2 aromatic carbocycles. The fourth-order valence-corrected chi connectivity index (χ4v) is 3.53. The van der Waals surface area contributed by atoms with Gasteiger partial charge in [0.2, 0.25) is 5.91 Å². The van der Waals surface area contributed by atoms with Gasteiger partial charge in [0.15, 0.2) is 5.69 Å². The highest BCUT2D eigenvalue weighted by molar-refractivity contribution is 6.31. The van der Waals surface area contributed by atoms with E-state index < -0.39 is 23.3 Å². The Labute approximate surface area is 190 Å². The Balaban J connectivity index is 1.96. The van der Waals surface area contributed by atoms with Crippen LogP contribution in [0, 0.1) is 11.2 Å². The lowest BCUT2D eigenvalue weighted by molar-refractivity contribution is -0.125. The highest BCUT2D eigenvalue weighted by Crippen LogP contribution is 2.25. The maximum Gasteiger partial charge on any atom is 0.273 e. The Hall–Kier alpha value is -2.97. The third kappa shape index (κ3) is 5.44. The van der Waals surface area contributed by atoms with Crippen LogP contribution in [0.15, 0.2) is 42.5 Å². The second-order valence-electron chi connectivity index (χ2n) is 8.58. The molecule has 0 spiro atoms. The number of aromatic nitrogens is 2. The zero-order chi connectivity index (χ0) is 23.5. The second kappa shape index (κ2) is 9.67. The van der Waals surface area contributed by atoms with E-state index in [0.29, 0.717) is 22.5 Å². The molecule has 0 aliphatic rings. The molecular weight excluding hydrogens is 435 g/mol. The van der Waals surface area contributed by atoms with Crippen molar-refractivity contribution in [1.82, 2.24) is 20.4 Å². The second-order valence-corrected chi connectivity index (χ2v) is 9.02. The van der Waals surface area contributed by atoms with Gasteiger partial charge in [0.1, 0.15) is 11.9 Å². The van der Waals surface area contributed by atoms with E-state index in [-0.39, 0.29) is 24.7 Å². The summed E-state index contributed by atoms with van der Waals surface area (Å²) in [5.41, 5.74) is 1.04. The van der Waals surface area contributed by atoms with Gasteiger partial charge in [0, 0.05) is 17.0 Å². The van der Waals surface area contributed by atoms with Crippen molar-refractivity contribution in [2.75, 3.05) is 13.2 Å². The number of halogens is 2. The minimum absolute atomic E-state index is 0.0894. The lowest BCUT2D eigenvalue weighted by Gasteiger charge is -2.30. The molecule has 1 heterocycles. The molecule has 0 bridgehead atoms. The number of carbonyl (C=O) groups is 2. The minimum atomic E-state index is -0.849. The summed E-state index contributed by atoms with van der Waals surface area (Å²) in [6, 6.07) is 10.3. The number of amides is 2. The van der Waals surface area contributed by atoms with Crippen LogP contribution < -0.4 is 10.6 Å². The molecule has 3 rings (SSSR count). The van der Waals surface area contributed by atoms with Crippen molar-refractivity contribution in [3.8, 4) is 0 Å². The van der Waals surface area contributed by atoms with E-state index in [1.54, 1.807) is 35.0 Å². The van der Waals surface area contributed by atoms with E-state index in [2.05, 4.69) is 15.7 Å². The first-order valence-corrected chi connectivity index (χ1v) is 10.6. The zero-order valence-corrected chi connectivity index (χ0v) is 18.9. The topological polar surface area (TPSA) is 96.2 Å². The van der Waals surface area contributed by atoms with Gasteiger partial charge >= 0.3 is 0 Å². The number of carbonyl (C=O) groups excluding carboxylic acids is 2.